The summed E-state index contributed by atoms with van der Waals surface area (Å²) in [5.41, 5.74) is 1.95. The van der Waals surface area contributed by atoms with E-state index in [1.165, 1.54) is 9.58 Å². The Hall–Kier alpha value is -4.80. The average molecular weight is 565 g/mol. The van der Waals surface area contributed by atoms with E-state index in [0.29, 0.717) is 46.5 Å². The molecule has 3 aromatic carbocycles. The number of carbonyl (C=O) groups is 1. The number of nitrogens with zero attached hydrogens (tertiary/aromatic N) is 5. The maximum absolute atomic E-state index is 13.4. The number of aromatic amines is 1. The molecular formula is C32H32N6O4. The molecule has 10 nitrogen and oxygen atoms in total. The number of anilines is 1. The summed E-state index contributed by atoms with van der Waals surface area (Å²) in [5, 5.41) is 33.9. The van der Waals surface area contributed by atoms with Crippen LogP contribution in [0.3, 0.4) is 0 Å². The van der Waals surface area contributed by atoms with Gasteiger partial charge in [-0.05, 0) is 42.3 Å². The maximum atomic E-state index is 13.4. The van der Waals surface area contributed by atoms with Crippen molar-refractivity contribution < 1.29 is 15.0 Å². The number of amides is 1. The third-order valence-electron chi connectivity index (χ3n) is 8.14. The smallest absolute Gasteiger partial charge is 0.279 e. The summed E-state index contributed by atoms with van der Waals surface area (Å²) in [4.78, 5) is 27.9. The van der Waals surface area contributed by atoms with E-state index >= 15 is 0 Å². The Kier molecular flexibility index (Phi) is 7.09. The van der Waals surface area contributed by atoms with Gasteiger partial charge in [0.25, 0.3) is 11.5 Å². The van der Waals surface area contributed by atoms with Crippen molar-refractivity contribution in [3.8, 4) is 5.69 Å². The lowest BCUT2D eigenvalue weighted by Gasteiger charge is -2.27. The fourth-order valence-electron chi connectivity index (χ4n) is 5.71. The third-order valence-corrected chi connectivity index (χ3v) is 8.14. The number of likely N-dealkylation sites (N-methyl/N-ethyl adjacent to an activating group) is 1. The van der Waals surface area contributed by atoms with Crippen molar-refractivity contribution in [3.05, 3.63) is 118 Å². The van der Waals surface area contributed by atoms with Gasteiger partial charge in [-0.1, -0.05) is 66.8 Å². The predicted octanol–water partition coefficient (Wildman–Crippen LogP) is 3.48. The van der Waals surface area contributed by atoms with Crippen LogP contribution in [0.15, 0.2) is 95.9 Å². The van der Waals surface area contributed by atoms with Gasteiger partial charge < -0.3 is 15.1 Å². The van der Waals surface area contributed by atoms with E-state index in [1.54, 1.807) is 42.9 Å². The van der Waals surface area contributed by atoms with Gasteiger partial charge in [-0.3, -0.25) is 19.4 Å². The predicted molar refractivity (Wildman–Crippen MR) is 160 cm³/mol. The highest BCUT2D eigenvalue weighted by Gasteiger charge is 2.51. The van der Waals surface area contributed by atoms with Gasteiger partial charge in [0, 0.05) is 31.3 Å². The number of aromatic nitrogens is 5. The molecule has 1 amide bonds. The highest BCUT2D eigenvalue weighted by atomic mass is 16.3. The molecule has 10 heteroatoms. The number of aryl methyl sites for hydroxylation is 1. The van der Waals surface area contributed by atoms with Crippen LogP contribution in [0.25, 0.3) is 16.6 Å². The Bertz CT molecular complexity index is 1840. The number of rotatable bonds is 9. The van der Waals surface area contributed by atoms with E-state index in [1.807, 2.05) is 66.9 Å². The molecule has 2 aromatic heterocycles. The number of aliphatic hydroxyl groups is 2. The van der Waals surface area contributed by atoms with Crippen molar-refractivity contribution in [2.75, 3.05) is 18.6 Å². The van der Waals surface area contributed by atoms with Crippen molar-refractivity contribution in [3.63, 3.8) is 0 Å². The van der Waals surface area contributed by atoms with Gasteiger partial charge in [-0.15, -0.1) is 5.10 Å². The second-order valence-corrected chi connectivity index (χ2v) is 10.7. The van der Waals surface area contributed by atoms with Crippen LogP contribution in [-0.4, -0.2) is 54.5 Å². The van der Waals surface area contributed by atoms with Gasteiger partial charge >= 0.3 is 0 Å². The number of hydrogen-bond acceptors (Lipinski definition) is 6. The summed E-state index contributed by atoms with van der Waals surface area (Å²) in [6, 6.07) is 22.2. The minimum absolute atomic E-state index is 0.0702. The van der Waals surface area contributed by atoms with Crippen molar-refractivity contribution in [2.45, 2.75) is 31.4 Å². The molecule has 1 unspecified atom stereocenters. The largest absolute Gasteiger partial charge is 0.395 e. The van der Waals surface area contributed by atoms with Crippen molar-refractivity contribution in [2.24, 2.45) is 5.92 Å². The minimum Gasteiger partial charge on any atom is -0.395 e. The highest BCUT2D eigenvalue weighted by Crippen LogP contribution is 2.45. The molecular weight excluding hydrogens is 532 g/mol. The van der Waals surface area contributed by atoms with E-state index in [0.717, 1.165) is 5.56 Å². The summed E-state index contributed by atoms with van der Waals surface area (Å²) in [7, 11) is 1.64. The molecule has 6 rings (SSSR count). The van der Waals surface area contributed by atoms with Crippen LogP contribution >= 0.6 is 0 Å². The molecule has 1 aliphatic heterocycles. The molecule has 0 fully saturated rings. The summed E-state index contributed by atoms with van der Waals surface area (Å²) in [5.74, 6) is -1.22. The van der Waals surface area contributed by atoms with Gasteiger partial charge in [0.1, 0.15) is 0 Å². The zero-order chi connectivity index (χ0) is 29.4. The lowest BCUT2D eigenvalue weighted by Crippen LogP contribution is -2.43. The summed E-state index contributed by atoms with van der Waals surface area (Å²) in [6.45, 7) is 2.27. The number of benzene rings is 3. The van der Waals surface area contributed by atoms with Crippen LogP contribution in [0.1, 0.15) is 36.1 Å². The Balaban J connectivity index is 1.20. The van der Waals surface area contributed by atoms with E-state index in [9.17, 15) is 19.8 Å². The van der Waals surface area contributed by atoms with Crippen LogP contribution in [0.4, 0.5) is 5.69 Å². The first kappa shape index (κ1) is 27.4. The topological polar surface area (TPSA) is 129 Å². The number of carbonyl (C=O) groups excluding carboxylic acids is 1. The minimum atomic E-state index is -1.79. The van der Waals surface area contributed by atoms with Crippen LogP contribution in [0.2, 0.25) is 0 Å². The van der Waals surface area contributed by atoms with E-state index in [-0.39, 0.29) is 18.1 Å². The van der Waals surface area contributed by atoms with E-state index in [2.05, 4.69) is 15.4 Å². The quantitative estimate of drug-likeness (QED) is 0.235. The molecule has 3 heterocycles. The van der Waals surface area contributed by atoms with E-state index < -0.39 is 17.4 Å². The van der Waals surface area contributed by atoms with Crippen LogP contribution < -0.4 is 10.5 Å². The fraction of sp³-hybridized carbons (Fsp3) is 0.250. The van der Waals surface area contributed by atoms with Gasteiger partial charge in [-0.2, -0.15) is 0 Å². The first-order valence-corrected chi connectivity index (χ1v) is 13.9. The van der Waals surface area contributed by atoms with Crippen LogP contribution in [-0.2, 0) is 16.9 Å². The first-order valence-electron chi connectivity index (χ1n) is 13.9. The number of fused-ring (bicyclic) bond motifs is 2. The Labute approximate surface area is 242 Å². The molecule has 0 aliphatic carbocycles. The van der Waals surface area contributed by atoms with Gasteiger partial charge in [0.05, 0.1) is 40.5 Å². The molecule has 3 atom stereocenters. The van der Waals surface area contributed by atoms with Crippen LogP contribution in [0, 0.1) is 5.92 Å². The third kappa shape index (κ3) is 4.54. The summed E-state index contributed by atoms with van der Waals surface area (Å²) in [6.07, 6.45) is 6.18. The summed E-state index contributed by atoms with van der Waals surface area (Å²) >= 11 is 0. The number of para-hydroxylation sites is 1. The van der Waals surface area contributed by atoms with Gasteiger partial charge in [0.15, 0.2) is 5.60 Å². The molecule has 0 saturated heterocycles. The zero-order valence-electron chi connectivity index (χ0n) is 23.4. The standard InChI is InChI=1S/C32H32N6O4/c1-21(10-8-9-17-37-19-28(33-35-37)25(20-39)22-11-4-3-5-12-22)32(42)26-18-23(15-16-29(26)36(2)31(32)41)38-30(40)24-13-6-7-14-27(24)34-38/h3-8,10-16,18-19,21,25,34,39,42H,9,17,20H2,1-2H3/b10-8+/t21-,25?,32+/m0/s1. The molecule has 3 N–H and O–H groups in total. The molecule has 0 saturated carbocycles. The highest BCUT2D eigenvalue weighted by molar-refractivity contribution is 6.07. The second-order valence-electron chi connectivity index (χ2n) is 10.7. The normalized spacial score (nSPS) is 18.2. The number of H-pyrrole nitrogens is 1. The average Bonchev–Trinajstić information content (AvgIpc) is 3.67. The monoisotopic (exact) mass is 564 g/mol. The van der Waals surface area contributed by atoms with Gasteiger partial charge in [-0.25, -0.2) is 4.68 Å². The fourth-order valence-corrected chi connectivity index (χ4v) is 5.71. The van der Waals surface area contributed by atoms with Crippen molar-refractivity contribution in [1.82, 2.24) is 24.8 Å². The number of allylic oxidation sites excluding steroid dienone is 1. The molecule has 0 bridgehead atoms. The molecule has 214 valence electrons. The number of aliphatic hydroxyl groups excluding tert-OH is 1. The van der Waals surface area contributed by atoms with Crippen molar-refractivity contribution >= 4 is 22.5 Å². The SMILES string of the molecule is C[C@@H](/C=C/CCn1cc(C(CO)c2ccccc2)nn1)[C@]1(O)C(=O)N(C)c2ccc(-n3[nH]c4ccccc4c3=O)cc21. The van der Waals surface area contributed by atoms with Crippen molar-refractivity contribution in [1.29, 1.82) is 0 Å². The first-order chi connectivity index (χ1) is 20.3. The molecule has 0 spiro atoms. The Morgan fingerprint density at radius 2 is 1.81 bits per heavy atom. The molecule has 5 aromatic rings. The molecule has 42 heavy (non-hydrogen) atoms. The lowest BCUT2D eigenvalue weighted by atomic mass is 9.82. The van der Waals surface area contributed by atoms with Gasteiger partial charge in [0.2, 0.25) is 0 Å². The Morgan fingerprint density at radius 3 is 2.57 bits per heavy atom. The molecule has 0 radical (unpaired) electrons. The second kappa shape index (κ2) is 10.9. The lowest BCUT2D eigenvalue weighted by molar-refractivity contribution is -0.139. The Morgan fingerprint density at radius 1 is 1.05 bits per heavy atom. The number of nitrogens with one attached hydrogen (secondary N) is 1. The zero-order valence-corrected chi connectivity index (χ0v) is 23.4. The van der Waals surface area contributed by atoms with Crippen LogP contribution in [0.5, 0.6) is 0 Å². The maximum Gasteiger partial charge on any atom is 0.279 e. The number of hydrogen-bond donors (Lipinski definition) is 3. The molecule has 1 aliphatic rings. The summed E-state index contributed by atoms with van der Waals surface area (Å²) < 4.78 is 3.15. The van der Waals surface area contributed by atoms with E-state index in [4.69, 9.17) is 0 Å².